The van der Waals surface area contributed by atoms with Crippen molar-refractivity contribution in [2.75, 3.05) is 39.4 Å². The van der Waals surface area contributed by atoms with Gasteiger partial charge in [-0.05, 0) is 32.9 Å². The van der Waals surface area contributed by atoms with E-state index in [0.717, 1.165) is 25.9 Å². The molecule has 5 nitrogen and oxygen atoms in total. The lowest BCUT2D eigenvalue weighted by Gasteiger charge is -2.22. The van der Waals surface area contributed by atoms with Crippen LogP contribution in [-0.2, 0) is 14.3 Å². The summed E-state index contributed by atoms with van der Waals surface area (Å²) in [4.78, 5) is 11.0. The van der Waals surface area contributed by atoms with E-state index >= 15 is 0 Å². The summed E-state index contributed by atoms with van der Waals surface area (Å²) in [6.45, 7) is 5.95. The van der Waals surface area contributed by atoms with Crippen LogP contribution in [0.1, 0.15) is 19.8 Å². The maximum Gasteiger partial charge on any atom is 0.319 e. The van der Waals surface area contributed by atoms with E-state index in [2.05, 4.69) is 10.6 Å². The quantitative estimate of drug-likeness (QED) is 0.473. The molecule has 1 heterocycles. The first-order valence-electron chi connectivity index (χ1n) is 6.01. The molecule has 2 N–H and O–H groups in total. The first kappa shape index (κ1) is 13.4. The minimum atomic E-state index is -0.204. The van der Waals surface area contributed by atoms with Gasteiger partial charge in [-0.1, -0.05) is 0 Å². The van der Waals surface area contributed by atoms with E-state index in [-0.39, 0.29) is 12.5 Å². The number of hydrogen-bond acceptors (Lipinski definition) is 5. The van der Waals surface area contributed by atoms with Crippen LogP contribution in [0.4, 0.5) is 0 Å². The Bertz CT molecular complexity index is 194. The highest BCUT2D eigenvalue weighted by Gasteiger charge is 2.12. The van der Waals surface area contributed by atoms with Crippen LogP contribution >= 0.6 is 0 Å². The fraction of sp³-hybridized carbons (Fsp3) is 0.909. The summed E-state index contributed by atoms with van der Waals surface area (Å²) in [6, 6.07) is 0. The van der Waals surface area contributed by atoms with Crippen molar-refractivity contribution in [3.63, 3.8) is 0 Å². The van der Waals surface area contributed by atoms with Crippen LogP contribution in [0.2, 0.25) is 0 Å². The topological polar surface area (TPSA) is 59.6 Å². The predicted molar refractivity (Wildman–Crippen MR) is 61.3 cm³/mol. The van der Waals surface area contributed by atoms with E-state index < -0.39 is 0 Å². The second-order valence-electron chi connectivity index (χ2n) is 3.80. The smallest absolute Gasteiger partial charge is 0.319 e. The predicted octanol–water partition coefficient (Wildman–Crippen LogP) is -0.0923. The Morgan fingerprint density at radius 2 is 2.19 bits per heavy atom. The van der Waals surface area contributed by atoms with Gasteiger partial charge in [0, 0.05) is 6.54 Å². The lowest BCUT2D eigenvalue weighted by atomic mass is 10.1. The van der Waals surface area contributed by atoms with Crippen LogP contribution in [0, 0.1) is 0 Å². The third-order valence-corrected chi connectivity index (χ3v) is 2.49. The molecule has 1 saturated heterocycles. The molecule has 94 valence electrons. The first-order chi connectivity index (χ1) is 7.83. The van der Waals surface area contributed by atoms with Gasteiger partial charge in [0.2, 0.25) is 0 Å². The average Bonchev–Trinajstić information content (AvgIpc) is 2.30. The molecular weight excluding hydrogens is 208 g/mol. The van der Waals surface area contributed by atoms with E-state index in [4.69, 9.17) is 9.47 Å². The molecule has 0 amide bonds. The maximum absolute atomic E-state index is 11.0. The van der Waals surface area contributed by atoms with Crippen LogP contribution in [0.25, 0.3) is 0 Å². The maximum atomic E-state index is 11.0. The zero-order chi connectivity index (χ0) is 11.6. The summed E-state index contributed by atoms with van der Waals surface area (Å²) in [5.74, 6) is -0.204. The summed E-state index contributed by atoms with van der Waals surface area (Å²) in [5.41, 5.74) is 0. The van der Waals surface area contributed by atoms with Gasteiger partial charge in [0.1, 0.15) is 0 Å². The highest BCUT2D eigenvalue weighted by atomic mass is 16.5. The molecule has 0 spiro atoms. The molecule has 0 radical (unpaired) electrons. The van der Waals surface area contributed by atoms with Crippen molar-refractivity contribution in [1.29, 1.82) is 0 Å². The van der Waals surface area contributed by atoms with Crippen LogP contribution in [-0.4, -0.2) is 51.5 Å². The van der Waals surface area contributed by atoms with Crippen LogP contribution in [0.5, 0.6) is 0 Å². The molecule has 16 heavy (non-hydrogen) atoms. The Morgan fingerprint density at radius 1 is 1.44 bits per heavy atom. The molecule has 0 saturated carbocycles. The molecule has 0 aliphatic carbocycles. The Morgan fingerprint density at radius 3 is 2.88 bits per heavy atom. The number of rotatable bonds is 7. The van der Waals surface area contributed by atoms with Gasteiger partial charge in [0.15, 0.2) is 0 Å². The van der Waals surface area contributed by atoms with Gasteiger partial charge >= 0.3 is 5.97 Å². The van der Waals surface area contributed by atoms with Crippen molar-refractivity contribution >= 4 is 5.97 Å². The number of carbonyl (C=O) groups is 1. The molecule has 1 fully saturated rings. The minimum Gasteiger partial charge on any atom is -0.465 e. The Hall–Kier alpha value is -0.650. The summed E-state index contributed by atoms with van der Waals surface area (Å²) in [6.07, 6.45) is 2.54. The minimum absolute atomic E-state index is 0.204. The highest BCUT2D eigenvalue weighted by Crippen LogP contribution is 2.05. The molecule has 0 atom stereocenters. The van der Waals surface area contributed by atoms with Crippen molar-refractivity contribution in [1.82, 2.24) is 10.6 Å². The van der Waals surface area contributed by atoms with Crippen molar-refractivity contribution in [2.45, 2.75) is 25.9 Å². The average molecular weight is 230 g/mol. The zero-order valence-electron chi connectivity index (χ0n) is 9.96. The molecule has 1 aliphatic heterocycles. The third-order valence-electron chi connectivity index (χ3n) is 2.49. The third kappa shape index (κ3) is 6.05. The fourth-order valence-corrected chi connectivity index (χ4v) is 1.66. The van der Waals surface area contributed by atoms with Crippen LogP contribution < -0.4 is 10.6 Å². The lowest BCUT2D eigenvalue weighted by molar-refractivity contribution is -0.142. The normalized spacial score (nSPS) is 17.3. The summed E-state index contributed by atoms with van der Waals surface area (Å²) in [5, 5.41) is 6.28. The molecule has 0 aromatic heterocycles. The van der Waals surface area contributed by atoms with Gasteiger partial charge in [-0.25, -0.2) is 0 Å². The van der Waals surface area contributed by atoms with Gasteiger partial charge in [0.25, 0.3) is 0 Å². The highest BCUT2D eigenvalue weighted by molar-refractivity contribution is 5.71. The lowest BCUT2D eigenvalue weighted by Crippen LogP contribution is -2.34. The van der Waals surface area contributed by atoms with Crippen molar-refractivity contribution < 1.29 is 14.3 Å². The van der Waals surface area contributed by atoms with Gasteiger partial charge in [-0.15, -0.1) is 0 Å². The van der Waals surface area contributed by atoms with Crippen LogP contribution in [0.3, 0.4) is 0 Å². The first-order valence-corrected chi connectivity index (χ1v) is 6.01. The number of esters is 1. The van der Waals surface area contributed by atoms with Gasteiger partial charge in [-0.2, -0.15) is 0 Å². The second kappa shape index (κ2) is 8.50. The monoisotopic (exact) mass is 230 g/mol. The summed E-state index contributed by atoms with van der Waals surface area (Å²) in [7, 11) is 0. The molecule has 0 aromatic carbocycles. The Balaban J connectivity index is 1.89. The second-order valence-corrected chi connectivity index (χ2v) is 3.80. The van der Waals surface area contributed by atoms with Crippen molar-refractivity contribution in [2.24, 2.45) is 0 Å². The summed E-state index contributed by atoms with van der Waals surface area (Å²) >= 11 is 0. The van der Waals surface area contributed by atoms with E-state index in [0.29, 0.717) is 25.9 Å². The van der Waals surface area contributed by atoms with E-state index in [1.807, 2.05) is 0 Å². The molecule has 1 rings (SSSR count). The Labute approximate surface area is 96.9 Å². The van der Waals surface area contributed by atoms with Crippen LogP contribution in [0.15, 0.2) is 0 Å². The SMILES string of the molecule is CCOC(=O)CNCCOC1CCNCC1. The number of piperidine rings is 1. The summed E-state index contributed by atoms with van der Waals surface area (Å²) < 4.78 is 10.5. The van der Waals surface area contributed by atoms with Crippen molar-refractivity contribution in [3.8, 4) is 0 Å². The van der Waals surface area contributed by atoms with Crippen molar-refractivity contribution in [3.05, 3.63) is 0 Å². The molecule has 0 bridgehead atoms. The standard InChI is InChI=1S/C11H22N2O3/c1-2-15-11(14)9-13-7-8-16-10-3-5-12-6-4-10/h10,12-13H,2-9H2,1H3. The number of hydrogen-bond donors (Lipinski definition) is 2. The Kier molecular flexibility index (Phi) is 7.12. The molecule has 5 heteroatoms. The zero-order valence-corrected chi connectivity index (χ0v) is 9.96. The van der Waals surface area contributed by atoms with E-state index in [9.17, 15) is 4.79 Å². The van der Waals surface area contributed by atoms with Gasteiger partial charge < -0.3 is 20.1 Å². The number of nitrogens with one attached hydrogen (secondary N) is 2. The molecule has 0 aromatic rings. The number of carbonyl (C=O) groups excluding carboxylic acids is 1. The molecule has 1 aliphatic rings. The van der Waals surface area contributed by atoms with E-state index in [1.165, 1.54) is 0 Å². The van der Waals surface area contributed by atoms with Gasteiger partial charge in [0.05, 0.1) is 25.9 Å². The fourth-order valence-electron chi connectivity index (χ4n) is 1.66. The number of ether oxygens (including phenoxy) is 2. The molecular formula is C11H22N2O3. The van der Waals surface area contributed by atoms with E-state index in [1.54, 1.807) is 6.92 Å². The van der Waals surface area contributed by atoms with Gasteiger partial charge in [-0.3, -0.25) is 4.79 Å². The molecule has 0 unspecified atom stereocenters. The largest absolute Gasteiger partial charge is 0.465 e.